The van der Waals surface area contributed by atoms with Crippen molar-refractivity contribution in [1.29, 1.82) is 0 Å². The number of urea groups is 1. The third-order valence-electron chi connectivity index (χ3n) is 5.92. The minimum Gasteiger partial charge on any atom is -0.480 e. The zero-order chi connectivity index (χ0) is 31.0. The van der Waals surface area contributed by atoms with Crippen molar-refractivity contribution >= 4 is 46.0 Å². The van der Waals surface area contributed by atoms with E-state index in [1.165, 1.54) is 12.5 Å². The lowest BCUT2D eigenvalue weighted by Crippen LogP contribution is -2.42. The van der Waals surface area contributed by atoms with Crippen LogP contribution < -0.4 is 16.0 Å². The van der Waals surface area contributed by atoms with Crippen molar-refractivity contribution in [1.82, 2.24) is 15.3 Å². The zero-order valence-electron chi connectivity index (χ0n) is 22.2. The maximum Gasteiger partial charge on any atom is 0.490 e. The van der Waals surface area contributed by atoms with E-state index in [2.05, 4.69) is 25.9 Å². The van der Waals surface area contributed by atoms with E-state index in [4.69, 9.17) is 9.90 Å². The number of aryl methyl sites for hydroxylation is 2. The molecule has 0 unspecified atom stereocenters. The van der Waals surface area contributed by atoms with Gasteiger partial charge in [0.15, 0.2) is 0 Å². The summed E-state index contributed by atoms with van der Waals surface area (Å²) in [7, 11) is 0. The molecule has 42 heavy (non-hydrogen) atoms. The standard InChI is InChI=1S/C26H25N5O4.C2HF3O2/c1-15-6-5-7-16(2)23(15)31-26(35)30-21-11-18-9-4-3-8-17(18)10-20(21)24(32)29-22(25(33)34)12-19-13-27-14-28-19;3-2(4,5)1(6)7/h3-11,13-14,22H,12H2,1-2H3,(H,27,28)(H,29,32)(H,33,34)(H2,30,31,35);(H,6,7)/t22-;/m0./s1. The number of para-hydroxylation sites is 1. The van der Waals surface area contributed by atoms with Crippen LogP contribution in [0.25, 0.3) is 10.8 Å². The number of carbonyl (C=O) groups excluding carboxylic acids is 2. The summed E-state index contributed by atoms with van der Waals surface area (Å²) >= 11 is 0. The Bertz CT molecular complexity index is 1590. The fraction of sp³-hybridized carbons (Fsp3) is 0.179. The van der Waals surface area contributed by atoms with E-state index < -0.39 is 36.1 Å². The number of hydrogen-bond acceptors (Lipinski definition) is 5. The number of nitrogens with zero attached hydrogens (tertiary/aromatic N) is 1. The minimum atomic E-state index is -5.08. The molecule has 1 heterocycles. The van der Waals surface area contributed by atoms with E-state index in [1.54, 1.807) is 12.1 Å². The molecular weight excluding hydrogens is 559 g/mol. The summed E-state index contributed by atoms with van der Waals surface area (Å²) < 4.78 is 31.7. The van der Waals surface area contributed by atoms with Crippen LogP contribution in [-0.2, 0) is 16.0 Å². The number of alkyl halides is 3. The largest absolute Gasteiger partial charge is 0.490 e. The van der Waals surface area contributed by atoms with Gasteiger partial charge in [-0.25, -0.2) is 19.4 Å². The van der Waals surface area contributed by atoms with Gasteiger partial charge in [-0.05, 0) is 47.9 Å². The Hall–Kier alpha value is -5.40. The van der Waals surface area contributed by atoms with Crippen molar-refractivity contribution in [3.63, 3.8) is 0 Å². The Balaban J connectivity index is 0.000000616. The Morgan fingerprint density at radius 3 is 2.05 bits per heavy atom. The van der Waals surface area contributed by atoms with Gasteiger partial charge in [-0.15, -0.1) is 0 Å². The van der Waals surface area contributed by atoms with Gasteiger partial charge >= 0.3 is 24.1 Å². The number of anilines is 2. The lowest BCUT2D eigenvalue weighted by atomic mass is 10.0. The SMILES string of the molecule is Cc1cccc(C)c1NC(=O)Nc1cc2ccccc2cc1C(=O)N[C@@H](Cc1cnc[nH]1)C(=O)O.O=C(O)C(F)(F)F. The second kappa shape index (κ2) is 13.3. The van der Waals surface area contributed by atoms with Crippen molar-refractivity contribution in [2.45, 2.75) is 32.5 Å². The van der Waals surface area contributed by atoms with E-state index in [-0.39, 0.29) is 17.7 Å². The molecule has 3 amide bonds. The van der Waals surface area contributed by atoms with Crippen molar-refractivity contribution in [2.75, 3.05) is 10.6 Å². The molecule has 0 radical (unpaired) electrons. The van der Waals surface area contributed by atoms with Gasteiger partial charge in [0.25, 0.3) is 5.91 Å². The van der Waals surface area contributed by atoms with Gasteiger partial charge in [0.1, 0.15) is 6.04 Å². The fourth-order valence-electron chi connectivity index (χ4n) is 3.86. The number of fused-ring (bicyclic) bond motifs is 1. The third kappa shape index (κ3) is 8.30. The predicted molar refractivity (Wildman–Crippen MR) is 147 cm³/mol. The van der Waals surface area contributed by atoms with Gasteiger partial charge < -0.3 is 31.1 Å². The highest BCUT2D eigenvalue weighted by molar-refractivity contribution is 6.10. The summed E-state index contributed by atoms with van der Waals surface area (Å²) in [6.45, 7) is 3.78. The van der Waals surface area contributed by atoms with E-state index in [9.17, 15) is 32.7 Å². The lowest BCUT2D eigenvalue weighted by molar-refractivity contribution is -0.192. The van der Waals surface area contributed by atoms with Crippen LogP contribution in [0.2, 0.25) is 0 Å². The Morgan fingerprint density at radius 2 is 1.52 bits per heavy atom. The van der Waals surface area contributed by atoms with E-state index in [1.807, 2.05) is 56.3 Å². The molecular formula is C28H26F3N5O6. The van der Waals surface area contributed by atoms with Crippen LogP contribution in [-0.4, -0.2) is 56.3 Å². The van der Waals surface area contributed by atoms with Gasteiger partial charge in [-0.1, -0.05) is 42.5 Å². The quantitative estimate of drug-likeness (QED) is 0.179. The molecule has 0 bridgehead atoms. The molecule has 11 nitrogen and oxygen atoms in total. The Kier molecular flexibility index (Phi) is 9.86. The second-order valence-corrected chi connectivity index (χ2v) is 9.04. The fourth-order valence-corrected chi connectivity index (χ4v) is 3.86. The van der Waals surface area contributed by atoms with E-state index in [0.717, 1.165) is 21.9 Å². The average molecular weight is 586 g/mol. The number of nitrogens with one attached hydrogen (secondary N) is 4. The van der Waals surface area contributed by atoms with Gasteiger partial charge in [0.2, 0.25) is 0 Å². The smallest absolute Gasteiger partial charge is 0.480 e. The van der Waals surface area contributed by atoms with Crippen LogP contribution in [0.15, 0.2) is 67.1 Å². The third-order valence-corrected chi connectivity index (χ3v) is 5.92. The number of aromatic amines is 1. The van der Waals surface area contributed by atoms with Gasteiger partial charge in [0.05, 0.1) is 17.6 Å². The number of benzene rings is 3. The number of H-pyrrole nitrogens is 1. The van der Waals surface area contributed by atoms with Crippen LogP contribution >= 0.6 is 0 Å². The molecule has 3 aromatic carbocycles. The second-order valence-electron chi connectivity index (χ2n) is 9.04. The van der Waals surface area contributed by atoms with Crippen LogP contribution in [0.3, 0.4) is 0 Å². The number of imidazole rings is 1. The van der Waals surface area contributed by atoms with E-state index in [0.29, 0.717) is 11.4 Å². The number of amides is 3. The summed E-state index contributed by atoms with van der Waals surface area (Å²) in [5.41, 5.74) is 3.47. The Morgan fingerprint density at radius 1 is 0.929 bits per heavy atom. The molecule has 4 rings (SSSR count). The molecule has 1 atom stereocenters. The van der Waals surface area contributed by atoms with Crippen LogP contribution in [0.1, 0.15) is 27.2 Å². The molecule has 0 spiro atoms. The molecule has 6 N–H and O–H groups in total. The first-order valence-electron chi connectivity index (χ1n) is 12.2. The first kappa shape index (κ1) is 31.1. The molecule has 0 aliphatic carbocycles. The van der Waals surface area contributed by atoms with Crippen molar-refractivity contribution < 1.29 is 42.6 Å². The number of hydrogen-bond donors (Lipinski definition) is 6. The number of aromatic nitrogens is 2. The maximum atomic E-state index is 13.2. The number of rotatable bonds is 7. The normalized spacial score (nSPS) is 11.5. The summed E-state index contributed by atoms with van der Waals surface area (Å²) in [6.07, 6.45) is -2.11. The average Bonchev–Trinajstić information content (AvgIpc) is 3.43. The molecule has 14 heteroatoms. The lowest BCUT2D eigenvalue weighted by Gasteiger charge is -2.18. The highest BCUT2D eigenvalue weighted by Gasteiger charge is 2.38. The first-order chi connectivity index (χ1) is 19.8. The molecule has 0 saturated carbocycles. The number of aliphatic carboxylic acids is 2. The monoisotopic (exact) mass is 585 g/mol. The summed E-state index contributed by atoms with van der Waals surface area (Å²) in [6, 6.07) is 14.7. The molecule has 0 aliphatic heterocycles. The van der Waals surface area contributed by atoms with E-state index >= 15 is 0 Å². The number of carboxylic acids is 2. The predicted octanol–water partition coefficient (Wildman–Crippen LogP) is 4.88. The summed E-state index contributed by atoms with van der Waals surface area (Å²) in [4.78, 5) is 53.5. The van der Waals surface area contributed by atoms with Crippen molar-refractivity contribution in [2.24, 2.45) is 0 Å². The van der Waals surface area contributed by atoms with Gasteiger partial charge in [0, 0.05) is 24.0 Å². The highest BCUT2D eigenvalue weighted by atomic mass is 19.4. The number of carbonyl (C=O) groups is 4. The molecule has 0 fully saturated rings. The molecule has 0 saturated heterocycles. The summed E-state index contributed by atoms with van der Waals surface area (Å²) in [5.74, 6) is -4.56. The summed E-state index contributed by atoms with van der Waals surface area (Å²) in [5, 5.41) is 26.5. The number of halogens is 3. The molecule has 220 valence electrons. The molecule has 1 aromatic heterocycles. The topological polar surface area (TPSA) is 174 Å². The van der Waals surface area contributed by atoms with Crippen LogP contribution in [0, 0.1) is 13.8 Å². The maximum absolute atomic E-state index is 13.2. The number of carboxylic acid groups (broad SMARTS) is 2. The highest BCUT2D eigenvalue weighted by Crippen LogP contribution is 2.26. The van der Waals surface area contributed by atoms with Crippen LogP contribution in [0.5, 0.6) is 0 Å². The molecule has 0 aliphatic rings. The minimum absolute atomic E-state index is 0.0322. The van der Waals surface area contributed by atoms with Gasteiger partial charge in [-0.2, -0.15) is 13.2 Å². The first-order valence-corrected chi connectivity index (χ1v) is 12.2. The van der Waals surface area contributed by atoms with Crippen LogP contribution in [0.4, 0.5) is 29.3 Å². The van der Waals surface area contributed by atoms with Crippen molar-refractivity contribution in [3.8, 4) is 0 Å². The van der Waals surface area contributed by atoms with Crippen molar-refractivity contribution in [3.05, 3.63) is 89.5 Å². The van der Waals surface area contributed by atoms with Gasteiger partial charge in [-0.3, -0.25) is 4.79 Å². The Labute approximate surface area is 236 Å². The zero-order valence-corrected chi connectivity index (χ0v) is 22.2. The molecule has 4 aromatic rings.